The predicted molar refractivity (Wildman–Crippen MR) is 43.6 cm³/mol. The summed E-state index contributed by atoms with van der Waals surface area (Å²) < 4.78 is 9.67. The lowest BCUT2D eigenvalue weighted by Gasteiger charge is -2.02. The third kappa shape index (κ3) is 2.00. The summed E-state index contributed by atoms with van der Waals surface area (Å²) >= 11 is 0. The van der Waals surface area contributed by atoms with Crippen molar-refractivity contribution in [2.45, 2.75) is 13.5 Å². The van der Waals surface area contributed by atoms with Crippen LogP contribution in [-0.4, -0.2) is 16.8 Å². The fourth-order valence-corrected chi connectivity index (χ4v) is 0.781. The Labute approximate surface area is 74.2 Å². The number of rotatable bonds is 3. The fraction of sp³-hybridized carbons (Fsp3) is 0.375. The molecule has 1 rings (SSSR count). The van der Waals surface area contributed by atoms with Crippen LogP contribution in [0.15, 0.2) is 15.5 Å². The van der Waals surface area contributed by atoms with Crippen LogP contribution in [0.5, 0.6) is 11.5 Å². The molecule has 0 atom stereocenters. The van der Waals surface area contributed by atoms with Crippen molar-refractivity contribution in [2.75, 3.05) is 6.61 Å². The third-order valence-electron chi connectivity index (χ3n) is 1.46. The topological polar surface area (TPSA) is 79.9 Å². The Kier molecular flexibility index (Phi) is 2.92. The second-order valence-electron chi connectivity index (χ2n) is 2.36. The van der Waals surface area contributed by atoms with Gasteiger partial charge < -0.3 is 19.4 Å². The molecule has 0 unspecified atom stereocenters. The van der Waals surface area contributed by atoms with Crippen molar-refractivity contribution in [1.29, 1.82) is 0 Å². The van der Waals surface area contributed by atoms with E-state index in [1.807, 2.05) is 0 Å². The van der Waals surface area contributed by atoms with Crippen LogP contribution in [0.2, 0.25) is 0 Å². The van der Waals surface area contributed by atoms with E-state index in [4.69, 9.17) is 19.4 Å². The van der Waals surface area contributed by atoms with Crippen LogP contribution in [-0.2, 0) is 11.3 Å². The highest BCUT2D eigenvalue weighted by Gasteiger charge is 2.11. The SMILES string of the molecule is CCOCc1occ(O)c(=O)c1O. The van der Waals surface area contributed by atoms with Crippen LogP contribution in [0, 0.1) is 0 Å². The molecule has 0 amide bonds. The molecule has 5 nitrogen and oxygen atoms in total. The zero-order chi connectivity index (χ0) is 9.84. The standard InChI is InChI=1S/C8H10O5/c1-2-12-4-6-8(11)7(10)5(9)3-13-6/h3,9,11H,2,4H2,1H3. The van der Waals surface area contributed by atoms with Gasteiger partial charge in [0.15, 0.2) is 5.76 Å². The smallest absolute Gasteiger partial charge is 0.268 e. The number of aromatic hydroxyl groups is 2. The van der Waals surface area contributed by atoms with Gasteiger partial charge in [0.1, 0.15) is 12.9 Å². The summed E-state index contributed by atoms with van der Waals surface area (Å²) in [5.41, 5.74) is -0.846. The number of ether oxygens (including phenoxy) is 1. The summed E-state index contributed by atoms with van der Waals surface area (Å²) in [6.45, 7) is 2.23. The minimum absolute atomic E-state index is 0.0118. The molecule has 2 N–H and O–H groups in total. The molecule has 0 spiro atoms. The second-order valence-corrected chi connectivity index (χ2v) is 2.36. The van der Waals surface area contributed by atoms with Gasteiger partial charge in [0.05, 0.1) is 0 Å². The van der Waals surface area contributed by atoms with Crippen molar-refractivity contribution in [3.05, 3.63) is 22.2 Å². The van der Waals surface area contributed by atoms with Crippen LogP contribution >= 0.6 is 0 Å². The van der Waals surface area contributed by atoms with E-state index in [-0.39, 0.29) is 12.4 Å². The Hall–Kier alpha value is -1.49. The molecule has 0 aliphatic carbocycles. The third-order valence-corrected chi connectivity index (χ3v) is 1.46. The molecular formula is C8H10O5. The second kappa shape index (κ2) is 3.95. The van der Waals surface area contributed by atoms with E-state index in [1.54, 1.807) is 6.92 Å². The van der Waals surface area contributed by atoms with Gasteiger partial charge in [-0.2, -0.15) is 0 Å². The Balaban J connectivity index is 2.97. The average molecular weight is 186 g/mol. The van der Waals surface area contributed by atoms with E-state index in [1.165, 1.54) is 0 Å². The maximum absolute atomic E-state index is 10.9. The summed E-state index contributed by atoms with van der Waals surface area (Å²) in [6, 6.07) is 0. The van der Waals surface area contributed by atoms with Crippen LogP contribution in [0.3, 0.4) is 0 Å². The first-order valence-corrected chi connectivity index (χ1v) is 3.77. The molecule has 5 heteroatoms. The summed E-state index contributed by atoms with van der Waals surface area (Å²) in [4.78, 5) is 10.9. The Morgan fingerprint density at radius 3 is 2.85 bits per heavy atom. The lowest BCUT2D eigenvalue weighted by atomic mass is 10.3. The van der Waals surface area contributed by atoms with Gasteiger partial charge in [0.2, 0.25) is 11.5 Å². The van der Waals surface area contributed by atoms with Crippen molar-refractivity contribution >= 4 is 0 Å². The summed E-state index contributed by atoms with van der Waals surface area (Å²) in [5, 5.41) is 18.0. The average Bonchev–Trinajstić information content (AvgIpc) is 2.13. The van der Waals surface area contributed by atoms with Crippen molar-refractivity contribution in [3.8, 4) is 11.5 Å². The Morgan fingerprint density at radius 2 is 2.23 bits per heavy atom. The molecule has 1 aromatic rings. The van der Waals surface area contributed by atoms with E-state index in [2.05, 4.69) is 0 Å². The number of hydrogen-bond donors (Lipinski definition) is 2. The first-order valence-electron chi connectivity index (χ1n) is 3.77. The van der Waals surface area contributed by atoms with Crippen molar-refractivity contribution in [1.82, 2.24) is 0 Å². The first-order chi connectivity index (χ1) is 6.16. The zero-order valence-electron chi connectivity index (χ0n) is 7.11. The molecule has 0 fully saturated rings. The maximum atomic E-state index is 10.9. The van der Waals surface area contributed by atoms with Crippen molar-refractivity contribution in [2.24, 2.45) is 0 Å². The van der Waals surface area contributed by atoms with Gasteiger partial charge in [-0.3, -0.25) is 4.79 Å². The molecular weight excluding hydrogens is 176 g/mol. The Morgan fingerprint density at radius 1 is 1.54 bits per heavy atom. The maximum Gasteiger partial charge on any atom is 0.268 e. The van der Waals surface area contributed by atoms with Crippen molar-refractivity contribution in [3.63, 3.8) is 0 Å². The minimum Gasteiger partial charge on any atom is -0.502 e. The minimum atomic E-state index is -0.846. The zero-order valence-corrected chi connectivity index (χ0v) is 7.11. The van der Waals surface area contributed by atoms with Crippen molar-refractivity contribution < 1.29 is 19.4 Å². The van der Waals surface area contributed by atoms with Gasteiger partial charge in [-0.05, 0) is 6.92 Å². The van der Waals surface area contributed by atoms with E-state index >= 15 is 0 Å². The number of hydrogen-bond acceptors (Lipinski definition) is 5. The first kappa shape index (κ1) is 9.60. The molecule has 1 heterocycles. The van der Waals surface area contributed by atoms with Gasteiger partial charge in [-0.25, -0.2) is 0 Å². The Bertz CT molecular complexity index is 341. The molecule has 0 bridgehead atoms. The van der Waals surface area contributed by atoms with Gasteiger partial charge in [0.25, 0.3) is 5.43 Å². The lowest BCUT2D eigenvalue weighted by Crippen LogP contribution is -2.03. The highest BCUT2D eigenvalue weighted by atomic mass is 16.5. The molecule has 72 valence electrons. The molecule has 0 radical (unpaired) electrons. The highest BCUT2D eigenvalue weighted by Crippen LogP contribution is 2.16. The van der Waals surface area contributed by atoms with Crippen LogP contribution in [0.4, 0.5) is 0 Å². The van der Waals surface area contributed by atoms with Crippen LogP contribution in [0.25, 0.3) is 0 Å². The van der Waals surface area contributed by atoms with Crippen LogP contribution in [0.1, 0.15) is 12.7 Å². The lowest BCUT2D eigenvalue weighted by molar-refractivity contribution is 0.113. The normalized spacial score (nSPS) is 10.2. The monoisotopic (exact) mass is 186 g/mol. The van der Waals surface area contributed by atoms with E-state index in [0.717, 1.165) is 6.26 Å². The fourth-order valence-electron chi connectivity index (χ4n) is 0.781. The van der Waals surface area contributed by atoms with E-state index < -0.39 is 16.9 Å². The quantitative estimate of drug-likeness (QED) is 0.722. The van der Waals surface area contributed by atoms with Gasteiger partial charge in [-0.1, -0.05) is 0 Å². The molecule has 0 saturated heterocycles. The van der Waals surface area contributed by atoms with Gasteiger partial charge in [0, 0.05) is 6.61 Å². The molecule has 0 aliphatic rings. The molecule has 1 aromatic heterocycles. The molecule has 13 heavy (non-hydrogen) atoms. The molecule has 0 saturated carbocycles. The van der Waals surface area contributed by atoms with E-state index in [9.17, 15) is 4.79 Å². The summed E-state index contributed by atoms with van der Waals surface area (Å²) in [7, 11) is 0. The van der Waals surface area contributed by atoms with Gasteiger partial charge >= 0.3 is 0 Å². The summed E-state index contributed by atoms with van der Waals surface area (Å²) in [5.74, 6) is -1.20. The van der Waals surface area contributed by atoms with Crippen LogP contribution < -0.4 is 5.43 Å². The summed E-state index contributed by atoms with van der Waals surface area (Å²) in [6.07, 6.45) is 0.871. The largest absolute Gasteiger partial charge is 0.502 e. The highest BCUT2D eigenvalue weighted by molar-refractivity contribution is 5.30. The van der Waals surface area contributed by atoms with E-state index in [0.29, 0.717) is 6.61 Å². The molecule has 0 aliphatic heterocycles. The predicted octanol–water partition coefficient (Wildman–Crippen LogP) is 0.587. The molecule has 0 aromatic carbocycles. The van der Waals surface area contributed by atoms with Gasteiger partial charge in [-0.15, -0.1) is 0 Å².